The third kappa shape index (κ3) is 2.43. The molecule has 1 aliphatic carbocycles. The van der Waals surface area contributed by atoms with E-state index < -0.39 is 5.60 Å². The molecule has 1 aromatic rings. The molecular weight excluding hydrogens is 202 g/mol. The van der Waals surface area contributed by atoms with Crippen LogP contribution in [0.2, 0.25) is 0 Å². The molecule has 1 atom stereocenters. The number of rotatable bonds is 5. The van der Waals surface area contributed by atoms with Gasteiger partial charge in [-0.2, -0.15) is 0 Å². The second-order valence-electron chi connectivity index (χ2n) is 4.93. The summed E-state index contributed by atoms with van der Waals surface area (Å²) in [6.07, 6.45) is 1.99. The van der Waals surface area contributed by atoms with Crippen LogP contribution < -0.4 is 5.32 Å². The molecule has 0 spiro atoms. The minimum Gasteiger partial charge on any atom is -0.394 e. The number of hydrogen-bond acceptors (Lipinski definition) is 3. The zero-order valence-corrected chi connectivity index (χ0v) is 9.61. The van der Waals surface area contributed by atoms with Crippen LogP contribution in [0.25, 0.3) is 0 Å². The van der Waals surface area contributed by atoms with Crippen molar-refractivity contribution in [2.45, 2.75) is 30.9 Å². The molecule has 0 amide bonds. The molecule has 0 aromatic heterocycles. The number of aliphatic hydroxyl groups excluding tert-OH is 1. The summed E-state index contributed by atoms with van der Waals surface area (Å²) in [6.45, 7) is 2.41. The first kappa shape index (κ1) is 11.6. The summed E-state index contributed by atoms with van der Waals surface area (Å²) in [4.78, 5) is 0. The number of aliphatic hydroxyl groups is 2. The van der Waals surface area contributed by atoms with Crippen molar-refractivity contribution in [2.75, 3.05) is 13.2 Å². The van der Waals surface area contributed by atoms with Gasteiger partial charge >= 0.3 is 0 Å². The first-order chi connectivity index (χ1) is 7.58. The van der Waals surface area contributed by atoms with Gasteiger partial charge in [-0.25, -0.2) is 0 Å². The molecule has 1 saturated carbocycles. The van der Waals surface area contributed by atoms with Crippen LogP contribution in [0, 0.1) is 0 Å². The first-order valence-corrected chi connectivity index (χ1v) is 5.72. The lowest BCUT2D eigenvalue weighted by Crippen LogP contribution is -2.44. The molecule has 1 unspecified atom stereocenters. The van der Waals surface area contributed by atoms with E-state index in [1.165, 1.54) is 0 Å². The highest BCUT2D eigenvalue weighted by Crippen LogP contribution is 2.35. The number of β-amino-alcohol motifs (C(OH)–C–C–N with tert-alkyl or cyclic N) is 1. The van der Waals surface area contributed by atoms with Crippen molar-refractivity contribution in [3.8, 4) is 0 Å². The predicted molar refractivity (Wildman–Crippen MR) is 63.1 cm³/mol. The third-order valence-electron chi connectivity index (χ3n) is 3.36. The number of benzene rings is 1. The van der Waals surface area contributed by atoms with Crippen LogP contribution in [-0.2, 0) is 5.60 Å². The Kier molecular flexibility index (Phi) is 3.02. The molecule has 16 heavy (non-hydrogen) atoms. The van der Waals surface area contributed by atoms with Gasteiger partial charge in [0.2, 0.25) is 0 Å². The van der Waals surface area contributed by atoms with E-state index in [-0.39, 0.29) is 12.1 Å². The van der Waals surface area contributed by atoms with E-state index in [1.54, 1.807) is 6.92 Å². The topological polar surface area (TPSA) is 52.5 Å². The fourth-order valence-electron chi connectivity index (χ4n) is 1.80. The number of hydrogen-bond donors (Lipinski definition) is 3. The van der Waals surface area contributed by atoms with Crippen LogP contribution in [0.1, 0.15) is 25.3 Å². The Morgan fingerprint density at radius 3 is 2.44 bits per heavy atom. The molecule has 0 heterocycles. The molecule has 1 fully saturated rings. The highest BCUT2D eigenvalue weighted by atomic mass is 16.3. The second kappa shape index (κ2) is 4.17. The van der Waals surface area contributed by atoms with Gasteiger partial charge in [0.1, 0.15) is 0 Å². The molecule has 3 heteroatoms. The van der Waals surface area contributed by atoms with E-state index in [2.05, 4.69) is 5.32 Å². The van der Waals surface area contributed by atoms with Crippen molar-refractivity contribution in [3.05, 3.63) is 35.9 Å². The monoisotopic (exact) mass is 221 g/mol. The maximum absolute atomic E-state index is 10.3. The Bertz CT molecular complexity index is 344. The van der Waals surface area contributed by atoms with Crippen LogP contribution in [0.15, 0.2) is 30.3 Å². The average molecular weight is 221 g/mol. The molecule has 0 bridgehead atoms. The standard InChI is InChI=1S/C13H19NO2/c1-12(16,11-5-3-2-4-6-11)9-14-13(10-15)7-8-13/h2-6,14-16H,7-10H2,1H3. The summed E-state index contributed by atoms with van der Waals surface area (Å²) in [5.41, 5.74) is -0.110. The van der Waals surface area contributed by atoms with Crippen LogP contribution >= 0.6 is 0 Å². The Morgan fingerprint density at radius 2 is 1.94 bits per heavy atom. The van der Waals surface area contributed by atoms with Crippen molar-refractivity contribution < 1.29 is 10.2 Å². The van der Waals surface area contributed by atoms with E-state index >= 15 is 0 Å². The molecule has 0 aliphatic heterocycles. The molecule has 1 aliphatic rings. The molecule has 3 N–H and O–H groups in total. The fraction of sp³-hybridized carbons (Fsp3) is 0.538. The van der Waals surface area contributed by atoms with E-state index in [1.807, 2.05) is 30.3 Å². The molecular formula is C13H19NO2. The van der Waals surface area contributed by atoms with Crippen LogP contribution in [0.3, 0.4) is 0 Å². The van der Waals surface area contributed by atoms with Gasteiger partial charge in [-0.05, 0) is 25.3 Å². The van der Waals surface area contributed by atoms with Crippen LogP contribution in [0.5, 0.6) is 0 Å². The van der Waals surface area contributed by atoms with Gasteiger partial charge in [-0.1, -0.05) is 30.3 Å². The lowest BCUT2D eigenvalue weighted by molar-refractivity contribution is 0.0492. The van der Waals surface area contributed by atoms with Gasteiger partial charge < -0.3 is 15.5 Å². The Labute approximate surface area is 96.1 Å². The largest absolute Gasteiger partial charge is 0.394 e. The SMILES string of the molecule is CC(O)(CNC1(CO)CC1)c1ccccc1. The van der Waals surface area contributed by atoms with Crippen molar-refractivity contribution in [1.29, 1.82) is 0 Å². The minimum absolute atomic E-state index is 0.126. The van der Waals surface area contributed by atoms with E-state index in [0.717, 1.165) is 18.4 Å². The summed E-state index contributed by atoms with van der Waals surface area (Å²) >= 11 is 0. The van der Waals surface area contributed by atoms with E-state index in [0.29, 0.717) is 6.54 Å². The molecule has 0 radical (unpaired) electrons. The zero-order valence-electron chi connectivity index (χ0n) is 9.61. The van der Waals surface area contributed by atoms with Gasteiger partial charge in [0, 0.05) is 12.1 Å². The number of nitrogens with one attached hydrogen (secondary N) is 1. The van der Waals surface area contributed by atoms with Crippen molar-refractivity contribution in [2.24, 2.45) is 0 Å². The smallest absolute Gasteiger partial charge is 0.0992 e. The average Bonchev–Trinajstić information content (AvgIpc) is 3.09. The summed E-state index contributed by atoms with van der Waals surface area (Å²) in [7, 11) is 0. The Morgan fingerprint density at radius 1 is 1.31 bits per heavy atom. The normalized spacial score (nSPS) is 21.4. The molecule has 1 aromatic carbocycles. The summed E-state index contributed by atoms with van der Waals surface area (Å²) in [5.74, 6) is 0. The Balaban J connectivity index is 1.98. The summed E-state index contributed by atoms with van der Waals surface area (Å²) in [6, 6.07) is 9.61. The first-order valence-electron chi connectivity index (χ1n) is 5.72. The lowest BCUT2D eigenvalue weighted by atomic mass is 9.95. The van der Waals surface area contributed by atoms with E-state index in [9.17, 15) is 10.2 Å². The molecule has 3 nitrogen and oxygen atoms in total. The van der Waals surface area contributed by atoms with Crippen molar-refractivity contribution >= 4 is 0 Å². The predicted octanol–water partition coefficient (Wildman–Crippen LogP) is 1.01. The maximum Gasteiger partial charge on any atom is 0.0992 e. The Hall–Kier alpha value is -0.900. The quantitative estimate of drug-likeness (QED) is 0.695. The second-order valence-corrected chi connectivity index (χ2v) is 4.93. The maximum atomic E-state index is 10.3. The third-order valence-corrected chi connectivity index (χ3v) is 3.36. The highest BCUT2D eigenvalue weighted by molar-refractivity contribution is 5.22. The lowest BCUT2D eigenvalue weighted by Gasteiger charge is -2.27. The van der Waals surface area contributed by atoms with Gasteiger partial charge in [0.25, 0.3) is 0 Å². The van der Waals surface area contributed by atoms with E-state index in [4.69, 9.17) is 0 Å². The van der Waals surface area contributed by atoms with Gasteiger partial charge in [0.15, 0.2) is 0 Å². The molecule has 0 saturated heterocycles. The highest BCUT2D eigenvalue weighted by Gasteiger charge is 2.42. The zero-order chi connectivity index (χ0) is 11.6. The molecule has 88 valence electrons. The van der Waals surface area contributed by atoms with Gasteiger partial charge in [-0.3, -0.25) is 0 Å². The van der Waals surface area contributed by atoms with Crippen molar-refractivity contribution in [3.63, 3.8) is 0 Å². The van der Waals surface area contributed by atoms with Gasteiger partial charge in [-0.15, -0.1) is 0 Å². The summed E-state index contributed by atoms with van der Waals surface area (Å²) < 4.78 is 0. The minimum atomic E-state index is -0.883. The van der Waals surface area contributed by atoms with Crippen LogP contribution in [-0.4, -0.2) is 28.9 Å². The van der Waals surface area contributed by atoms with Crippen LogP contribution in [0.4, 0.5) is 0 Å². The van der Waals surface area contributed by atoms with Gasteiger partial charge in [0.05, 0.1) is 12.2 Å². The molecule has 2 rings (SSSR count). The van der Waals surface area contributed by atoms with Crippen molar-refractivity contribution in [1.82, 2.24) is 5.32 Å². The summed E-state index contributed by atoms with van der Waals surface area (Å²) in [5, 5.41) is 22.8. The fourth-order valence-corrected chi connectivity index (χ4v) is 1.80.